The van der Waals surface area contributed by atoms with Crippen LogP contribution in [0.3, 0.4) is 0 Å². The normalized spacial score (nSPS) is 12.4. The van der Waals surface area contributed by atoms with Gasteiger partial charge in [0.05, 0.1) is 5.38 Å². The minimum Gasteiger partial charge on any atom is -0.117 e. The first-order valence-corrected chi connectivity index (χ1v) is 6.90. The lowest BCUT2D eigenvalue weighted by Gasteiger charge is -2.12. The fraction of sp³-hybridized carbons (Fsp3) is 0.200. The lowest BCUT2D eigenvalue weighted by Crippen LogP contribution is -1.97. The van der Waals surface area contributed by atoms with Gasteiger partial charge in [0.15, 0.2) is 0 Å². The number of alkyl halides is 1. The van der Waals surface area contributed by atoms with Crippen LogP contribution in [0.2, 0.25) is 10.0 Å². The first-order valence-electron chi connectivity index (χ1n) is 5.71. The van der Waals surface area contributed by atoms with E-state index in [1.165, 1.54) is 11.1 Å². The van der Waals surface area contributed by atoms with E-state index in [1.807, 2.05) is 6.07 Å². The molecule has 0 radical (unpaired) electrons. The van der Waals surface area contributed by atoms with Crippen molar-refractivity contribution >= 4 is 34.8 Å². The number of hydrogen-bond donors (Lipinski definition) is 0. The fourth-order valence-corrected chi connectivity index (χ4v) is 2.64. The molecule has 94 valence electrons. The highest BCUT2D eigenvalue weighted by Crippen LogP contribution is 2.32. The molecule has 0 saturated carbocycles. The standard InChI is InChI=1S/C15H13Cl3/c1-10-2-4-11(5-3-10)8-15(18)13-9-12(16)6-7-14(13)17/h2-7,9,15H,8H2,1H3. The van der Waals surface area contributed by atoms with Gasteiger partial charge in [-0.1, -0.05) is 53.0 Å². The smallest absolute Gasteiger partial charge is 0.0640 e. The topological polar surface area (TPSA) is 0 Å². The Morgan fingerprint density at radius 2 is 1.67 bits per heavy atom. The van der Waals surface area contributed by atoms with Crippen LogP contribution in [-0.2, 0) is 6.42 Å². The predicted octanol–water partition coefficient (Wildman–Crippen LogP) is 5.82. The highest BCUT2D eigenvalue weighted by molar-refractivity contribution is 6.34. The summed E-state index contributed by atoms with van der Waals surface area (Å²) in [6.45, 7) is 2.07. The second-order valence-electron chi connectivity index (χ2n) is 4.32. The molecule has 2 aromatic rings. The summed E-state index contributed by atoms with van der Waals surface area (Å²) in [5.74, 6) is 0. The predicted molar refractivity (Wildman–Crippen MR) is 79.9 cm³/mol. The fourth-order valence-electron chi connectivity index (χ4n) is 1.80. The Hall–Kier alpha value is -0.690. The van der Waals surface area contributed by atoms with Gasteiger partial charge >= 0.3 is 0 Å². The van der Waals surface area contributed by atoms with Crippen LogP contribution in [0, 0.1) is 6.92 Å². The van der Waals surface area contributed by atoms with Crippen LogP contribution in [0.15, 0.2) is 42.5 Å². The van der Waals surface area contributed by atoms with Gasteiger partial charge in [-0.15, -0.1) is 11.6 Å². The molecule has 2 aromatic carbocycles. The molecule has 0 aliphatic carbocycles. The van der Waals surface area contributed by atoms with Gasteiger partial charge in [0, 0.05) is 10.0 Å². The van der Waals surface area contributed by atoms with Crippen LogP contribution in [0.25, 0.3) is 0 Å². The zero-order valence-electron chi connectivity index (χ0n) is 9.96. The van der Waals surface area contributed by atoms with Crippen LogP contribution in [0.4, 0.5) is 0 Å². The van der Waals surface area contributed by atoms with Gasteiger partial charge in [0.25, 0.3) is 0 Å². The average molecular weight is 300 g/mol. The molecular weight excluding hydrogens is 287 g/mol. The van der Waals surface area contributed by atoms with Gasteiger partial charge in [-0.3, -0.25) is 0 Å². The Bertz CT molecular complexity index is 532. The second kappa shape index (κ2) is 5.97. The highest BCUT2D eigenvalue weighted by Gasteiger charge is 2.13. The van der Waals surface area contributed by atoms with Gasteiger partial charge in [-0.05, 0) is 42.7 Å². The van der Waals surface area contributed by atoms with Crippen LogP contribution in [0.1, 0.15) is 22.1 Å². The molecule has 0 aliphatic heterocycles. The summed E-state index contributed by atoms with van der Waals surface area (Å²) in [6, 6.07) is 13.7. The van der Waals surface area contributed by atoms with Crippen molar-refractivity contribution in [2.24, 2.45) is 0 Å². The molecule has 0 fully saturated rings. The summed E-state index contributed by atoms with van der Waals surface area (Å²) >= 11 is 18.5. The Balaban J connectivity index is 2.18. The molecule has 0 N–H and O–H groups in total. The SMILES string of the molecule is Cc1ccc(CC(Cl)c2cc(Cl)ccc2Cl)cc1. The quantitative estimate of drug-likeness (QED) is 0.626. The Kier molecular flexibility index (Phi) is 4.55. The van der Waals surface area contributed by atoms with E-state index < -0.39 is 0 Å². The van der Waals surface area contributed by atoms with E-state index in [4.69, 9.17) is 34.8 Å². The van der Waals surface area contributed by atoms with E-state index in [1.54, 1.807) is 12.1 Å². The van der Waals surface area contributed by atoms with E-state index in [2.05, 4.69) is 31.2 Å². The third kappa shape index (κ3) is 3.41. The Morgan fingerprint density at radius 1 is 1.00 bits per heavy atom. The maximum atomic E-state index is 6.41. The molecule has 0 aliphatic rings. The first-order chi connectivity index (χ1) is 8.56. The molecule has 0 nitrogen and oxygen atoms in total. The van der Waals surface area contributed by atoms with E-state index in [-0.39, 0.29) is 5.38 Å². The minimum absolute atomic E-state index is 0.168. The summed E-state index contributed by atoms with van der Waals surface area (Å²) in [6.07, 6.45) is 0.738. The summed E-state index contributed by atoms with van der Waals surface area (Å²) in [5, 5.41) is 1.15. The van der Waals surface area contributed by atoms with E-state index >= 15 is 0 Å². The van der Waals surface area contributed by atoms with Crippen LogP contribution < -0.4 is 0 Å². The number of hydrogen-bond acceptors (Lipinski definition) is 0. The summed E-state index contributed by atoms with van der Waals surface area (Å²) < 4.78 is 0. The molecule has 1 unspecified atom stereocenters. The summed E-state index contributed by atoms with van der Waals surface area (Å²) in [7, 11) is 0. The van der Waals surface area contributed by atoms with E-state index in [0.29, 0.717) is 10.0 Å². The molecule has 0 heterocycles. The lowest BCUT2D eigenvalue weighted by molar-refractivity contribution is 0.919. The van der Waals surface area contributed by atoms with Crippen LogP contribution in [0.5, 0.6) is 0 Å². The maximum Gasteiger partial charge on any atom is 0.0640 e. The van der Waals surface area contributed by atoms with Crippen molar-refractivity contribution in [1.82, 2.24) is 0 Å². The second-order valence-corrected chi connectivity index (χ2v) is 5.69. The Labute approximate surface area is 122 Å². The molecule has 0 amide bonds. The van der Waals surface area contributed by atoms with Crippen molar-refractivity contribution in [3.63, 3.8) is 0 Å². The van der Waals surface area contributed by atoms with E-state index in [9.17, 15) is 0 Å². The van der Waals surface area contributed by atoms with Crippen molar-refractivity contribution < 1.29 is 0 Å². The lowest BCUT2D eigenvalue weighted by atomic mass is 10.0. The third-order valence-corrected chi connectivity index (χ3v) is 3.80. The number of aryl methyl sites for hydroxylation is 1. The minimum atomic E-state index is -0.168. The largest absolute Gasteiger partial charge is 0.117 e. The monoisotopic (exact) mass is 298 g/mol. The van der Waals surface area contributed by atoms with Crippen LogP contribution >= 0.6 is 34.8 Å². The van der Waals surface area contributed by atoms with Crippen molar-refractivity contribution in [2.45, 2.75) is 18.7 Å². The average Bonchev–Trinajstić information content (AvgIpc) is 2.35. The molecule has 2 rings (SSSR count). The maximum absolute atomic E-state index is 6.41. The summed E-state index contributed by atoms with van der Waals surface area (Å²) in [4.78, 5) is 0. The van der Waals surface area contributed by atoms with Crippen molar-refractivity contribution in [3.8, 4) is 0 Å². The molecule has 18 heavy (non-hydrogen) atoms. The first kappa shape index (κ1) is 13.7. The number of benzene rings is 2. The van der Waals surface area contributed by atoms with Gasteiger partial charge in [-0.25, -0.2) is 0 Å². The Morgan fingerprint density at radius 3 is 2.33 bits per heavy atom. The molecule has 3 heteroatoms. The van der Waals surface area contributed by atoms with Crippen LogP contribution in [-0.4, -0.2) is 0 Å². The highest BCUT2D eigenvalue weighted by atomic mass is 35.5. The molecule has 0 spiro atoms. The number of halogens is 3. The molecule has 0 aromatic heterocycles. The summed E-state index contributed by atoms with van der Waals surface area (Å²) in [5.41, 5.74) is 3.31. The van der Waals surface area contributed by atoms with Crippen molar-refractivity contribution in [3.05, 3.63) is 69.2 Å². The van der Waals surface area contributed by atoms with Gasteiger partial charge in [0.1, 0.15) is 0 Å². The van der Waals surface area contributed by atoms with Gasteiger partial charge < -0.3 is 0 Å². The molecule has 0 saturated heterocycles. The van der Waals surface area contributed by atoms with E-state index in [0.717, 1.165) is 12.0 Å². The zero-order valence-corrected chi connectivity index (χ0v) is 12.2. The third-order valence-electron chi connectivity index (χ3n) is 2.83. The van der Waals surface area contributed by atoms with Gasteiger partial charge in [-0.2, -0.15) is 0 Å². The molecule has 0 bridgehead atoms. The number of rotatable bonds is 3. The molecular formula is C15H13Cl3. The zero-order chi connectivity index (χ0) is 13.1. The van der Waals surface area contributed by atoms with Crippen molar-refractivity contribution in [2.75, 3.05) is 0 Å². The van der Waals surface area contributed by atoms with Gasteiger partial charge in [0.2, 0.25) is 0 Å². The molecule has 1 atom stereocenters. The van der Waals surface area contributed by atoms with Crippen molar-refractivity contribution in [1.29, 1.82) is 0 Å².